The summed E-state index contributed by atoms with van der Waals surface area (Å²) in [6.45, 7) is 7.26. The van der Waals surface area contributed by atoms with E-state index in [2.05, 4.69) is 30.3 Å². The predicted octanol–water partition coefficient (Wildman–Crippen LogP) is 0.816. The number of hydrogen-bond acceptors (Lipinski definition) is 9. The van der Waals surface area contributed by atoms with Gasteiger partial charge in [-0.05, 0) is 23.4 Å². The lowest BCUT2D eigenvalue weighted by atomic mass is 9.93. The molecular formula is C22H30FN9O2. The van der Waals surface area contributed by atoms with E-state index in [1.807, 2.05) is 14.0 Å². The number of carbonyl (C=O) groups is 1. The Bertz CT molecular complexity index is 1080. The molecule has 2 aromatic rings. The lowest BCUT2D eigenvalue weighted by Gasteiger charge is -2.37. The van der Waals surface area contributed by atoms with E-state index >= 15 is 0 Å². The number of anilines is 1. The molecule has 2 aliphatic heterocycles. The highest BCUT2D eigenvalue weighted by Crippen LogP contribution is 2.50. The molecule has 0 radical (unpaired) electrons. The molecule has 0 spiro atoms. The molecule has 0 bridgehead atoms. The highest BCUT2D eigenvalue weighted by Gasteiger charge is 2.59. The van der Waals surface area contributed by atoms with Crippen molar-refractivity contribution in [3.05, 3.63) is 29.8 Å². The summed E-state index contributed by atoms with van der Waals surface area (Å²) in [5.41, 5.74) is 0.399. The van der Waals surface area contributed by atoms with E-state index in [9.17, 15) is 9.18 Å². The van der Waals surface area contributed by atoms with E-state index in [1.54, 1.807) is 29.6 Å². The number of nitrogens with zero attached hydrogens (tertiary/aromatic N) is 9. The minimum atomic E-state index is -0.575. The predicted molar refractivity (Wildman–Crippen MR) is 121 cm³/mol. The summed E-state index contributed by atoms with van der Waals surface area (Å²) in [6.07, 6.45) is 2.71. The van der Waals surface area contributed by atoms with Crippen LogP contribution in [0.4, 0.5) is 10.3 Å². The number of halogens is 1. The molecule has 5 atom stereocenters. The zero-order valence-corrected chi connectivity index (χ0v) is 19.9. The molecule has 1 saturated heterocycles. The standard InChI is InChI=1S/C22H30FN9O2/c1-5-34-9-8-32-22(26-27-28-32)31-11-15-16(12-31)19(15)29(3)21-25-18(13(2)20(33)30(21)4)14-6-7-24-10-17(14)23/h6-7,10,13,15-16,18-19H,5,8-9,11-12H2,1-4H3/t13?,15-,16+,18?,19+. The smallest absolute Gasteiger partial charge is 0.245 e. The molecule has 1 amide bonds. The van der Waals surface area contributed by atoms with Crippen molar-refractivity contribution in [2.75, 3.05) is 45.3 Å². The van der Waals surface area contributed by atoms with Gasteiger partial charge in [0.1, 0.15) is 5.82 Å². The summed E-state index contributed by atoms with van der Waals surface area (Å²) in [7, 11) is 3.71. The SMILES string of the molecule is CCOCCn1nnnc1N1C[C@@H]2[C@H](C1)[C@H]2N(C)C1=NC(c2ccncc2F)C(C)C(=O)N1C. The third-order valence-corrected chi connectivity index (χ3v) is 7.23. The summed E-state index contributed by atoms with van der Waals surface area (Å²) in [6, 6.07) is 1.29. The molecule has 3 aliphatic rings. The van der Waals surface area contributed by atoms with Crippen LogP contribution in [0.5, 0.6) is 0 Å². The first-order valence-electron chi connectivity index (χ1n) is 11.7. The molecule has 1 saturated carbocycles. The van der Waals surface area contributed by atoms with Gasteiger partial charge in [-0.25, -0.2) is 14.1 Å². The molecule has 5 rings (SSSR count). The highest BCUT2D eigenvalue weighted by molar-refractivity contribution is 6.00. The number of ether oxygens (including phenoxy) is 1. The van der Waals surface area contributed by atoms with Crippen molar-refractivity contribution in [3.8, 4) is 0 Å². The molecule has 0 aromatic carbocycles. The molecule has 4 heterocycles. The number of rotatable bonds is 7. The summed E-state index contributed by atoms with van der Waals surface area (Å²) >= 11 is 0. The Morgan fingerprint density at radius 3 is 2.76 bits per heavy atom. The molecule has 1 aliphatic carbocycles. The van der Waals surface area contributed by atoms with Gasteiger partial charge in [0.15, 0.2) is 0 Å². The molecular weight excluding hydrogens is 441 g/mol. The number of guanidine groups is 1. The third-order valence-electron chi connectivity index (χ3n) is 7.23. The first-order valence-corrected chi connectivity index (χ1v) is 11.7. The van der Waals surface area contributed by atoms with Crippen LogP contribution in [0.3, 0.4) is 0 Å². The van der Waals surface area contributed by atoms with Crippen LogP contribution in [-0.2, 0) is 16.1 Å². The van der Waals surface area contributed by atoms with Crippen LogP contribution in [0.1, 0.15) is 25.5 Å². The lowest BCUT2D eigenvalue weighted by Crippen LogP contribution is -2.51. The average molecular weight is 472 g/mol. The van der Waals surface area contributed by atoms with Crippen LogP contribution in [0.2, 0.25) is 0 Å². The van der Waals surface area contributed by atoms with Crippen LogP contribution in [0.25, 0.3) is 0 Å². The van der Waals surface area contributed by atoms with Crippen molar-refractivity contribution < 1.29 is 13.9 Å². The first kappa shape index (κ1) is 22.6. The first-order chi connectivity index (χ1) is 16.4. The second-order valence-electron chi connectivity index (χ2n) is 9.19. The van der Waals surface area contributed by atoms with E-state index in [1.165, 1.54) is 12.4 Å². The van der Waals surface area contributed by atoms with E-state index in [0.29, 0.717) is 43.1 Å². The summed E-state index contributed by atoms with van der Waals surface area (Å²) in [5.74, 6) is 1.22. The maximum atomic E-state index is 14.5. The number of pyridine rings is 1. The minimum absolute atomic E-state index is 0.0704. The molecule has 2 unspecified atom stereocenters. The quantitative estimate of drug-likeness (QED) is 0.547. The van der Waals surface area contributed by atoms with Gasteiger partial charge in [0.25, 0.3) is 0 Å². The number of hydrogen-bond donors (Lipinski definition) is 0. The van der Waals surface area contributed by atoms with Crippen molar-refractivity contribution in [2.45, 2.75) is 32.5 Å². The van der Waals surface area contributed by atoms with Crippen molar-refractivity contribution >= 4 is 17.8 Å². The fourth-order valence-electron chi connectivity index (χ4n) is 5.39. The van der Waals surface area contributed by atoms with E-state index in [-0.39, 0.29) is 11.9 Å². The molecule has 2 fully saturated rings. The Morgan fingerprint density at radius 2 is 2.06 bits per heavy atom. The number of amides is 1. The second kappa shape index (κ2) is 8.90. The Kier molecular flexibility index (Phi) is 5.92. The summed E-state index contributed by atoms with van der Waals surface area (Å²) < 4.78 is 21.7. The fraction of sp³-hybridized carbons (Fsp3) is 0.636. The zero-order valence-electron chi connectivity index (χ0n) is 19.9. The van der Waals surface area contributed by atoms with Crippen molar-refractivity contribution in [1.82, 2.24) is 35.0 Å². The Balaban J connectivity index is 1.30. The topological polar surface area (TPSA) is 105 Å². The number of aliphatic imine (C=N–C) groups is 1. The van der Waals surface area contributed by atoms with Gasteiger partial charge in [-0.2, -0.15) is 0 Å². The molecule has 182 valence electrons. The Morgan fingerprint density at radius 1 is 1.29 bits per heavy atom. The van der Waals surface area contributed by atoms with E-state index in [4.69, 9.17) is 9.73 Å². The highest BCUT2D eigenvalue weighted by atomic mass is 19.1. The largest absolute Gasteiger partial charge is 0.380 e. The normalized spacial score (nSPS) is 28.2. The Labute approximate surface area is 197 Å². The van der Waals surface area contributed by atoms with Crippen molar-refractivity contribution in [1.29, 1.82) is 0 Å². The average Bonchev–Trinajstić information content (AvgIpc) is 3.16. The molecule has 0 N–H and O–H groups in total. The summed E-state index contributed by atoms with van der Waals surface area (Å²) in [5, 5.41) is 12.1. The molecule has 2 aromatic heterocycles. The van der Waals surface area contributed by atoms with Crippen LogP contribution in [0.15, 0.2) is 23.5 Å². The Hall–Kier alpha value is -3.15. The van der Waals surface area contributed by atoms with Gasteiger partial charge >= 0.3 is 0 Å². The number of piperidine rings is 1. The lowest BCUT2D eigenvalue weighted by molar-refractivity contribution is -0.132. The maximum absolute atomic E-state index is 14.5. The van der Waals surface area contributed by atoms with Gasteiger partial charge in [-0.15, -0.1) is 0 Å². The minimum Gasteiger partial charge on any atom is -0.380 e. The maximum Gasteiger partial charge on any atom is 0.245 e. The van der Waals surface area contributed by atoms with Crippen LogP contribution < -0.4 is 4.90 Å². The number of fused-ring (bicyclic) bond motifs is 1. The van der Waals surface area contributed by atoms with Crippen LogP contribution in [0, 0.1) is 23.6 Å². The van der Waals surface area contributed by atoms with Gasteiger partial charge in [0.05, 0.1) is 31.3 Å². The molecule has 11 nitrogen and oxygen atoms in total. The van der Waals surface area contributed by atoms with Gasteiger partial charge < -0.3 is 14.5 Å². The third kappa shape index (κ3) is 3.79. The van der Waals surface area contributed by atoms with Gasteiger partial charge in [-0.3, -0.25) is 14.7 Å². The van der Waals surface area contributed by atoms with Crippen LogP contribution >= 0.6 is 0 Å². The molecule has 12 heteroatoms. The molecule has 34 heavy (non-hydrogen) atoms. The van der Waals surface area contributed by atoms with Gasteiger partial charge in [0.2, 0.25) is 17.8 Å². The van der Waals surface area contributed by atoms with E-state index < -0.39 is 17.8 Å². The van der Waals surface area contributed by atoms with Crippen LogP contribution in [-0.4, -0.2) is 93.3 Å². The van der Waals surface area contributed by atoms with Gasteiger partial charge in [0, 0.05) is 63.4 Å². The van der Waals surface area contributed by atoms with Crippen molar-refractivity contribution in [3.63, 3.8) is 0 Å². The number of aromatic nitrogens is 5. The number of tetrazole rings is 1. The van der Waals surface area contributed by atoms with Crippen molar-refractivity contribution in [2.24, 2.45) is 22.7 Å². The van der Waals surface area contributed by atoms with Gasteiger partial charge in [-0.1, -0.05) is 12.0 Å². The summed E-state index contributed by atoms with van der Waals surface area (Å²) in [4.78, 5) is 27.6. The zero-order chi connectivity index (χ0) is 24.0. The van der Waals surface area contributed by atoms with E-state index in [0.717, 1.165) is 19.0 Å². The second-order valence-corrected chi connectivity index (χ2v) is 9.19. The number of carbonyl (C=O) groups excluding carboxylic acids is 1. The monoisotopic (exact) mass is 471 g/mol. The fourth-order valence-corrected chi connectivity index (χ4v) is 5.39.